The van der Waals surface area contributed by atoms with Crippen LogP contribution < -0.4 is 0 Å². The molecule has 0 N–H and O–H groups in total. The van der Waals surface area contributed by atoms with Crippen molar-refractivity contribution in [2.45, 2.75) is 34.1 Å². The van der Waals surface area contributed by atoms with Crippen LogP contribution in [0.5, 0.6) is 0 Å². The topological polar surface area (TPSA) is 72.9 Å². The number of carbonyl (C=O) groups excluding carboxylic acids is 3. The number of Topliss-reactive ketones (excluding diaryl/α,β-unsaturated/α-hetero) is 1. The number of rotatable bonds is 5. The van der Waals surface area contributed by atoms with Crippen molar-refractivity contribution >= 4 is 17.7 Å². The molecule has 0 amide bonds. The first-order valence-corrected chi connectivity index (χ1v) is 7.41. The molecule has 0 saturated heterocycles. The second-order valence-electron chi connectivity index (χ2n) is 6.24. The van der Waals surface area contributed by atoms with E-state index in [2.05, 4.69) is 0 Å². The first-order chi connectivity index (χ1) is 10.1. The molecule has 0 bridgehead atoms. The fourth-order valence-corrected chi connectivity index (χ4v) is 2.78. The zero-order valence-corrected chi connectivity index (χ0v) is 14.2. The van der Waals surface area contributed by atoms with Gasteiger partial charge in [0.25, 0.3) is 0 Å². The van der Waals surface area contributed by atoms with Crippen molar-refractivity contribution in [2.75, 3.05) is 27.3 Å². The maximum Gasteiger partial charge on any atom is 0.328 e. The Morgan fingerprint density at radius 3 is 1.95 bits per heavy atom. The van der Waals surface area contributed by atoms with Gasteiger partial charge >= 0.3 is 11.9 Å². The summed E-state index contributed by atoms with van der Waals surface area (Å²) in [5, 5.41) is 0. The van der Waals surface area contributed by atoms with Crippen molar-refractivity contribution in [3.8, 4) is 0 Å². The summed E-state index contributed by atoms with van der Waals surface area (Å²) in [5.74, 6) is -1.68. The Morgan fingerprint density at radius 2 is 1.59 bits per heavy atom. The lowest BCUT2D eigenvalue weighted by Crippen LogP contribution is -2.42. The minimum atomic E-state index is -1.68. The highest BCUT2D eigenvalue weighted by atomic mass is 16.6. The van der Waals surface area contributed by atoms with Crippen LogP contribution >= 0.6 is 0 Å². The van der Waals surface area contributed by atoms with Gasteiger partial charge in [-0.15, -0.1) is 0 Å². The van der Waals surface area contributed by atoms with Gasteiger partial charge in [-0.1, -0.05) is 13.8 Å². The summed E-state index contributed by atoms with van der Waals surface area (Å²) in [6.45, 7) is 7.02. The summed E-state index contributed by atoms with van der Waals surface area (Å²) >= 11 is 0. The average molecular weight is 311 g/mol. The van der Waals surface area contributed by atoms with Gasteiger partial charge in [0.05, 0.1) is 13.2 Å². The highest BCUT2D eigenvalue weighted by molar-refractivity contribution is 6.18. The van der Waals surface area contributed by atoms with E-state index in [-0.39, 0.29) is 31.0 Å². The number of esters is 2. The van der Waals surface area contributed by atoms with Gasteiger partial charge in [0.2, 0.25) is 0 Å². The third-order valence-electron chi connectivity index (χ3n) is 3.66. The molecule has 22 heavy (non-hydrogen) atoms. The Balaban J connectivity index is 3.54. The normalized spacial score (nSPS) is 20.8. The minimum Gasteiger partial charge on any atom is -0.465 e. The number of ether oxygens (including phenoxy) is 2. The quantitative estimate of drug-likeness (QED) is 0.436. The van der Waals surface area contributed by atoms with Crippen LogP contribution in [0.25, 0.3) is 0 Å². The average Bonchev–Trinajstić information content (AvgIpc) is 2.60. The first-order valence-electron chi connectivity index (χ1n) is 7.41. The first kappa shape index (κ1) is 18.2. The van der Waals surface area contributed by atoms with Gasteiger partial charge < -0.3 is 14.4 Å². The van der Waals surface area contributed by atoms with Crippen molar-refractivity contribution in [1.29, 1.82) is 0 Å². The molecule has 1 fully saturated rings. The van der Waals surface area contributed by atoms with Crippen molar-refractivity contribution in [1.82, 2.24) is 4.90 Å². The molecule has 1 aliphatic rings. The highest BCUT2D eigenvalue weighted by Gasteiger charge is 2.64. The lowest BCUT2D eigenvalue weighted by Gasteiger charge is -2.26. The van der Waals surface area contributed by atoms with E-state index in [0.717, 1.165) is 0 Å². The predicted octanol–water partition coefficient (Wildman–Crippen LogP) is 1.54. The number of hydrogen-bond acceptors (Lipinski definition) is 6. The van der Waals surface area contributed by atoms with Crippen LogP contribution in [0.1, 0.15) is 34.1 Å². The van der Waals surface area contributed by atoms with Crippen LogP contribution in [0.15, 0.2) is 11.8 Å². The Kier molecular flexibility index (Phi) is 5.38. The molecule has 6 nitrogen and oxygen atoms in total. The smallest absolute Gasteiger partial charge is 0.328 e. The lowest BCUT2D eigenvalue weighted by molar-refractivity contribution is -0.169. The summed E-state index contributed by atoms with van der Waals surface area (Å²) in [5.41, 5.74) is -2.38. The molecule has 0 radical (unpaired) electrons. The number of hydrogen-bond donors (Lipinski definition) is 0. The Hall–Kier alpha value is -1.85. The zero-order chi connectivity index (χ0) is 17.1. The van der Waals surface area contributed by atoms with Gasteiger partial charge in [-0.25, -0.2) is 0 Å². The maximum absolute atomic E-state index is 12.7. The van der Waals surface area contributed by atoms with Crippen molar-refractivity contribution < 1.29 is 23.9 Å². The van der Waals surface area contributed by atoms with Crippen molar-refractivity contribution in [3.05, 3.63) is 11.8 Å². The van der Waals surface area contributed by atoms with Crippen LogP contribution in [-0.2, 0) is 23.9 Å². The largest absolute Gasteiger partial charge is 0.465 e. The zero-order valence-electron chi connectivity index (χ0n) is 14.2. The van der Waals surface area contributed by atoms with E-state index >= 15 is 0 Å². The fourth-order valence-electron chi connectivity index (χ4n) is 2.78. The molecule has 0 heterocycles. The Morgan fingerprint density at radius 1 is 1.14 bits per heavy atom. The van der Waals surface area contributed by atoms with E-state index in [1.165, 1.54) is 6.20 Å². The SMILES string of the molecule is CCOC(=O)C1(C(=O)OCC)CC(C)(C)C(=O)C1=CN(C)C. The molecule has 6 heteroatoms. The molecule has 124 valence electrons. The molecule has 0 spiro atoms. The highest BCUT2D eigenvalue weighted by Crippen LogP contribution is 2.51. The fraction of sp³-hybridized carbons (Fsp3) is 0.688. The second kappa shape index (κ2) is 6.50. The van der Waals surface area contributed by atoms with Gasteiger partial charge in [-0.3, -0.25) is 14.4 Å². The molecule has 0 aromatic rings. The van der Waals surface area contributed by atoms with Crippen molar-refractivity contribution in [3.63, 3.8) is 0 Å². The Bertz CT molecular complexity index is 487. The molecule has 0 aliphatic heterocycles. The third kappa shape index (κ3) is 3.00. The number of ketones is 1. The van der Waals surface area contributed by atoms with Crippen molar-refractivity contribution in [2.24, 2.45) is 10.8 Å². The van der Waals surface area contributed by atoms with Crippen LogP contribution in [0.3, 0.4) is 0 Å². The van der Waals surface area contributed by atoms with Crippen LogP contribution in [0.2, 0.25) is 0 Å². The van der Waals surface area contributed by atoms with Crippen LogP contribution in [0.4, 0.5) is 0 Å². The molecule has 1 rings (SSSR count). The van der Waals surface area contributed by atoms with E-state index in [4.69, 9.17) is 9.47 Å². The number of nitrogens with zero attached hydrogens (tertiary/aromatic N) is 1. The molecule has 0 aromatic heterocycles. The second-order valence-corrected chi connectivity index (χ2v) is 6.24. The van der Waals surface area contributed by atoms with Gasteiger partial charge in [0.1, 0.15) is 0 Å². The molecular weight excluding hydrogens is 286 g/mol. The molecule has 0 unspecified atom stereocenters. The van der Waals surface area contributed by atoms with Gasteiger partial charge in [-0.2, -0.15) is 0 Å². The van der Waals surface area contributed by atoms with E-state index in [0.29, 0.717) is 0 Å². The molecular formula is C16H25NO5. The van der Waals surface area contributed by atoms with E-state index in [9.17, 15) is 14.4 Å². The number of carbonyl (C=O) groups is 3. The molecule has 1 aliphatic carbocycles. The Labute approximate surface area is 131 Å². The summed E-state index contributed by atoms with van der Waals surface area (Å²) < 4.78 is 10.2. The van der Waals surface area contributed by atoms with E-state index in [1.807, 2.05) is 0 Å². The third-order valence-corrected chi connectivity index (χ3v) is 3.66. The maximum atomic E-state index is 12.7. The van der Waals surface area contributed by atoms with Gasteiger partial charge in [0, 0.05) is 31.3 Å². The standard InChI is InChI=1S/C16H25NO5/c1-7-21-13(19)16(14(20)22-8-2)10-15(3,4)12(18)11(16)9-17(5)6/h9H,7-8,10H2,1-6H3. The van der Waals surface area contributed by atoms with Crippen LogP contribution in [0, 0.1) is 10.8 Å². The van der Waals surface area contributed by atoms with E-state index < -0.39 is 22.8 Å². The predicted molar refractivity (Wildman–Crippen MR) is 80.9 cm³/mol. The van der Waals surface area contributed by atoms with Gasteiger partial charge in [0.15, 0.2) is 11.2 Å². The van der Waals surface area contributed by atoms with E-state index in [1.54, 1.807) is 46.7 Å². The molecule has 1 saturated carbocycles. The molecule has 0 atom stereocenters. The molecule has 0 aromatic carbocycles. The van der Waals surface area contributed by atoms with Gasteiger partial charge in [-0.05, 0) is 20.3 Å². The summed E-state index contributed by atoms with van der Waals surface area (Å²) in [6, 6.07) is 0. The lowest BCUT2D eigenvalue weighted by atomic mass is 9.79. The van der Waals surface area contributed by atoms with Crippen LogP contribution in [-0.4, -0.2) is 49.9 Å². The summed E-state index contributed by atoms with van der Waals surface area (Å²) in [7, 11) is 3.46. The summed E-state index contributed by atoms with van der Waals surface area (Å²) in [4.78, 5) is 39.5. The minimum absolute atomic E-state index is 0.0518. The monoisotopic (exact) mass is 311 g/mol. The summed E-state index contributed by atoms with van der Waals surface area (Å²) in [6.07, 6.45) is 1.57.